The number of hydrogen-bond donors (Lipinski definition) is 0. The monoisotopic (exact) mass is 441 g/mol. The minimum absolute atomic E-state index is 0.328. The third-order valence-electron chi connectivity index (χ3n) is 5.70. The van der Waals surface area contributed by atoms with E-state index in [2.05, 4.69) is 10.6 Å². The van der Waals surface area contributed by atoms with Gasteiger partial charge in [0.05, 0.1) is 11.6 Å². The molecule has 0 atom stereocenters. The SMILES string of the molecule is CCN(CC)C(=O)Oc1ccc2c(ccn2Cc2ccc(C#N)cc2)c1-c1ccc(F)cc1. The highest BCUT2D eigenvalue weighted by Gasteiger charge is 2.19. The van der Waals surface area contributed by atoms with E-state index in [1.807, 2.05) is 44.3 Å². The number of nitrogens with zero attached hydrogens (tertiary/aromatic N) is 3. The molecule has 5 nitrogen and oxygen atoms in total. The molecule has 166 valence electrons. The van der Waals surface area contributed by atoms with Crippen LogP contribution in [0, 0.1) is 17.1 Å². The summed E-state index contributed by atoms with van der Waals surface area (Å²) in [7, 11) is 0. The molecule has 0 aliphatic rings. The Balaban J connectivity index is 1.78. The lowest BCUT2D eigenvalue weighted by atomic mass is 10.0. The molecule has 0 unspecified atom stereocenters. The maximum atomic E-state index is 13.6. The first-order valence-corrected chi connectivity index (χ1v) is 10.9. The van der Waals surface area contributed by atoms with E-state index < -0.39 is 6.09 Å². The van der Waals surface area contributed by atoms with Crippen molar-refractivity contribution >= 4 is 17.0 Å². The van der Waals surface area contributed by atoms with Crippen molar-refractivity contribution in [2.45, 2.75) is 20.4 Å². The van der Waals surface area contributed by atoms with Gasteiger partial charge in [-0.1, -0.05) is 24.3 Å². The lowest BCUT2D eigenvalue weighted by Gasteiger charge is -2.20. The highest BCUT2D eigenvalue weighted by molar-refractivity contribution is 5.99. The number of nitriles is 1. The molecule has 3 aromatic carbocycles. The molecule has 6 heteroatoms. The lowest BCUT2D eigenvalue weighted by molar-refractivity contribution is 0.157. The van der Waals surface area contributed by atoms with E-state index in [-0.39, 0.29) is 5.82 Å². The number of ether oxygens (including phenoxy) is 1. The first kappa shape index (κ1) is 22.1. The van der Waals surface area contributed by atoms with E-state index >= 15 is 0 Å². The van der Waals surface area contributed by atoms with Gasteiger partial charge in [0.25, 0.3) is 0 Å². The van der Waals surface area contributed by atoms with Crippen molar-refractivity contribution in [2.75, 3.05) is 13.1 Å². The molecule has 4 rings (SSSR count). The van der Waals surface area contributed by atoms with Crippen LogP contribution < -0.4 is 4.74 Å². The van der Waals surface area contributed by atoms with Gasteiger partial charge in [-0.2, -0.15) is 5.26 Å². The van der Waals surface area contributed by atoms with Gasteiger partial charge in [-0.05, 0) is 67.4 Å². The van der Waals surface area contributed by atoms with E-state index in [1.54, 1.807) is 35.2 Å². The third kappa shape index (κ3) is 4.58. The van der Waals surface area contributed by atoms with Crippen LogP contribution in [0.25, 0.3) is 22.0 Å². The van der Waals surface area contributed by atoms with Gasteiger partial charge in [0.15, 0.2) is 0 Å². The van der Waals surface area contributed by atoms with Crippen molar-refractivity contribution in [1.29, 1.82) is 5.26 Å². The van der Waals surface area contributed by atoms with Crippen LogP contribution in [0.15, 0.2) is 72.9 Å². The second-order valence-corrected chi connectivity index (χ2v) is 7.67. The molecule has 4 aromatic rings. The molecule has 0 saturated heterocycles. The maximum Gasteiger partial charge on any atom is 0.415 e. The molecule has 0 bridgehead atoms. The summed E-state index contributed by atoms with van der Waals surface area (Å²) in [5, 5.41) is 9.92. The second kappa shape index (κ2) is 9.58. The normalized spacial score (nSPS) is 10.7. The van der Waals surface area contributed by atoms with Crippen LogP contribution in [-0.2, 0) is 6.54 Å². The quantitative estimate of drug-likeness (QED) is 0.357. The molecule has 0 aliphatic carbocycles. The Hall–Kier alpha value is -4.11. The van der Waals surface area contributed by atoms with Gasteiger partial charge in [-0.3, -0.25) is 0 Å². The van der Waals surface area contributed by atoms with Gasteiger partial charge in [0, 0.05) is 42.3 Å². The maximum absolute atomic E-state index is 13.6. The van der Waals surface area contributed by atoms with Crippen LogP contribution in [0.4, 0.5) is 9.18 Å². The fourth-order valence-corrected chi connectivity index (χ4v) is 3.91. The Kier molecular flexibility index (Phi) is 6.41. The zero-order chi connectivity index (χ0) is 23.4. The van der Waals surface area contributed by atoms with E-state index in [0.29, 0.717) is 30.9 Å². The average molecular weight is 442 g/mol. The van der Waals surface area contributed by atoms with Crippen molar-refractivity contribution in [3.05, 3.63) is 89.9 Å². The first-order chi connectivity index (χ1) is 16.0. The largest absolute Gasteiger partial charge is 0.415 e. The molecular formula is C27H24FN3O2. The van der Waals surface area contributed by atoms with Gasteiger partial charge < -0.3 is 14.2 Å². The summed E-state index contributed by atoms with van der Waals surface area (Å²) in [4.78, 5) is 14.3. The predicted octanol–water partition coefficient (Wildman–Crippen LogP) is 6.21. The number of carbonyl (C=O) groups is 1. The van der Waals surface area contributed by atoms with Gasteiger partial charge in [0.2, 0.25) is 0 Å². The van der Waals surface area contributed by atoms with Crippen LogP contribution in [-0.4, -0.2) is 28.6 Å². The molecule has 0 radical (unpaired) electrons. The molecule has 0 saturated carbocycles. The van der Waals surface area contributed by atoms with Crippen LogP contribution in [0.3, 0.4) is 0 Å². The Bertz CT molecular complexity index is 1310. The van der Waals surface area contributed by atoms with E-state index in [9.17, 15) is 9.18 Å². The zero-order valence-electron chi connectivity index (χ0n) is 18.6. The number of carbonyl (C=O) groups excluding carboxylic acids is 1. The van der Waals surface area contributed by atoms with Gasteiger partial charge in [-0.15, -0.1) is 0 Å². The van der Waals surface area contributed by atoms with Crippen molar-refractivity contribution in [1.82, 2.24) is 9.47 Å². The van der Waals surface area contributed by atoms with Crippen LogP contribution in [0.5, 0.6) is 5.75 Å². The summed E-state index contributed by atoms with van der Waals surface area (Å²) < 4.78 is 21.5. The Morgan fingerprint density at radius 3 is 2.33 bits per heavy atom. The first-order valence-electron chi connectivity index (χ1n) is 10.9. The molecular weight excluding hydrogens is 417 g/mol. The number of halogens is 1. The van der Waals surface area contributed by atoms with Crippen molar-refractivity contribution < 1.29 is 13.9 Å². The Labute approximate surface area is 192 Å². The van der Waals surface area contributed by atoms with Gasteiger partial charge in [0.1, 0.15) is 11.6 Å². The van der Waals surface area contributed by atoms with Crippen molar-refractivity contribution in [3.8, 4) is 22.9 Å². The summed E-state index contributed by atoms with van der Waals surface area (Å²) in [6.07, 6.45) is 1.56. The summed E-state index contributed by atoms with van der Waals surface area (Å²) in [5.74, 6) is 0.105. The summed E-state index contributed by atoms with van der Waals surface area (Å²) in [6, 6.07) is 21.5. The molecule has 0 N–H and O–H groups in total. The second-order valence-electron chi connectivity index (χ2n) is 7.67. The third-order valence-corrected chi connectivity index (χ3v) is 5.70. The molecule has 33 heavy (non-hydrogen) atoms. The molecule has 0 aliphatic heterocycles. The number of rotatable bonds is 6. The minimum Gasteiger partial charge on any atom is -0.410 e. The smallest absolute Gasteiger partial charge is 0.410 e. The number of amides is 1. The Morgan fingerprint density at radius 1 is 1.00 bits per heavy atom. The molecule has 1 aromatic heterocycles. The molecule has 0 fully saturated rings. The van der Waals surface area contributed by atoms with Crippen LogP contribution >= 0.6 is 0 Å². The van der Waals surface area contributed by atoms with E-state index in [1.165, 1.54) is 12.1 Å². The topological polar surface area (TPSA) is 58.3 Å². The van der Waals surface area contributed by atoms with Gasteiger partial charge >= 0.3 is 6.09 Å². The number of fused-ring (bicyclic) bond motifs is 1. The highest BCUT2D eigenvalue weighted by atomic mass is 19.1. The van der Waals surface area contributed by atoms with Crippen LogP contribution in [0.2, 0.25) is 0 Å². The van der Waals surface area contributed by atoms with E-state index in [0.717, 1.165) is 27.6 Å². The Morgan fingerprint density at radius 2 is 1.70 bits per heavy atom. The molecule has 1 heterocycles. The highest BCUT2D eigenvalue weighted by Crippen LogP contribution is 2.38. The number of benzene rings is 3. The van der Waals surface area contributed by atoms with Crippen LogP contribution in [0.1, 0.15) is 25.0 Å². The summed E-state index contributed by atoms with van der Waals surface area (Å²) >= 11 is 0. The predicted molar refractivity (Wildman–Crippen MR) is 127 cm³/mol. The summed E-state index contributed by atoms with van der Waals surface area (Å²) in [5.41, 5.74) is 4.15. The van der Waals surface area contributed by atoms with Crippen molar-refractivity contribution in [2.24, 2.45) is 0 Å². The molecule has 1 amide bonds. The number of aromatic nitrogens is 1. The fourth-order valence-electron chi connectivity index (χ4n) is 3.91. The number of hydrogen-bond acceptors (Lipinski definition) is 3. The average Bonchev–Trinajstić information content (AvgIpc) is 3.23. The van der Waals surface area contributed by atoms with E-state index in [4.69, 9.17) is 10.00 Å². The zero-order valence-corrected chi connectivity index (χ0v) is 18.6. The lowest BCUT2D eigenvalue weighted by Crippen LogP contribution is -2.33. The minimum atomic E-state index is -0.417. The van der Waals surface area contributed by atoms with Gasteiger partial charge in [-0.25, -0.2) is 9.18 Å². The standard InChI is InChI=1S/C27H24FN3O2/c1-3-30(4-2)27(32)33-25-14-13-24-23(26(25)21-9-11-22(28)12-10-21)15-16-31(24)18-20-7-5-19(17-29)6-8-20/h5-16H,3-4,18H2,1-2H3. The summed E-state index contributed by atoms with van der Waals surface area (Å²) in [6.45, 7) is 5.52. The molecule has 0 spiro atoms. The fraction of sp³-hybridized carbons (Fsp3) is 0.185. The van der Waals surface area contributed by atoms with Crippen molar-refractivity contribution in [3.63, 3.8) is 0 Å².